The standard InChI is InChI=1S/C24H30N6O3S/c1-27(2)24(32)30-8-6-28(7-9-30)16-19-15-20-21(34-19)23(29-10-12-33-13-11-29)26-22(25-20)17-4-3-5-18(31)14-17/h3-5,14-15,31H,6-13,16H2,1-2H3. The molecule has 2 aromatic heterocycles. The number of ether oxygens (including phenoxy) is 1. The highest BCUT2D eigenvalue weighted by Gasteiger charge is 2.24. The third-order valence-electron chi connectivity index (χ3n) is 6.22. The van der Waals surface area contributed by atoms with Crippen LogP contribution in [0.2, 0.25) is 0 Å². The van der Waals surface area contributed by atoms with Gasteiger partial charge in [-0.25, -0.2) is 14.8 Å². The lowest BCUT2D eigenvalue weighted by Gasteiger charge is -2.35. The first-order chi connectivity index (χ1) is 16.5. The predicted octanol–water partition coefficient (Wildman–Crippen LogP) is 2.70. The molecule has 0 unspecified atom stereocenters. The fraction of sp³-hybridized carbons (Fsp3) is 0.458. The number of carbonyl (C=O) groups is 1. The van der Waals surface area contributed by atoms with Crippen molar-refractivity contribution in [2.45, 2.75) is 6.54 Å². The van der Waals surface area contributed by atoms with E-state index in [-0.39, 0.29) is 11.8 Å². The monoisotopic (exact) mass is 482 g/mol. The number of rotatable bonds is 4. The summed E-state index contributed by atoms with van der Waals surface area (Å²) in [6.45, 7) is 6.96. The van der Waals surface area contributed by atoms with Gasteiger partial charge in [-0.1, -0.05) is 12.1 Å². The summed E-state index contributed by atoms with van der Waals surface area (Å²) in [6.07, 6.45) is 0. The summed E-state index contributed by atoms with van der Waals surface area (Å²) in [5, 5.41) is 9.96. The van der Waals surface area contributed by atoms with Gasteiger partial charge >= 0.3 is 6.03 Å². The quantitative estimate of drug-likeness (QED) is 0.612. The van der Waals surface area contributed by atoms with E-state index >= 15 is 0 Å². The summed E-state index contributed by atoms with van der Waals surface area (Å²) >= 11 is 1.74. The Morgan fingerprint density at radius 2 is 1.85 bits per heavy atom. The van der Waals surface area contributed by atoms with Gasteiger partial charge in [0.2, 0.25) is 0 Å². The van der Waals surface area contributed by atoms with E-state index in [4.69, 9.17) is 14.7 Å². The van der Waals surface area contributed by atoms with Gasteiger partial charge in [0.05, 0.1) is 23.4 Å². The molecule has 0 spiro atoms. The van der Waals surface area contributed by atoms with Gasteiger partial charge in [-0.2, -0.15) is 0 Å². The second-order valence-corrected chi connectivity index (χ2v) is 10.0. The molecule has 0 bridgehead atoms. The maximum absolute atomic E-state index is 12.2. The van der Waals surface area contributed by atoms with Crippen LogP contribution in [0.5, 0.6) is 5.75 Å². The van der Waals surface area contributed by atoms with Crippen LogP contribution in [0.15, 0.2) is 30.3 Å². The van der Waals surface area contributed by atoms with Gasteiger partial charge in [-0.3, -0.25) is 4.90 Å². The van der Waals surface area contributed by atoms with Gasteiger partial charge in [0.25, 0.3) is 0 Å². The first kappa shape index (κ1) is 22.8. The van der Waals surface area contributed by atoms with E-state index in [0.29, 0.717) is 19.0 Å². The van der Waals surface area contributed by atoms with Crippen molar-refractivity contribution in [3.05, 3.63) is 35.2 Å². The van der Waals surface area contributed by atoms with Crippen LogP contribution in [-0.2, 0) is 11.3 Å². The Hall–Kier alpha value is -2.95. The van der Waals surface area contributed by atoms with Crippen molar-refractivity contribution < 1.29 is 14.6 Å². The third-order valence-corrected chi connectivity index (χ3v) is 7.33. The van der Waals surface area contributed by atoms with E-state index in [0.717, 1.165) is 67.4 Å². The number of fused-ring (bicyclic) bond motifs is 1. The molecule has 1 N–H and O–H groups in total. The lowest BCUT2D eigenvalue weighted by Crippen LogP contribution is -2.51. The van der Waals surface area contributed by atoms with Gasteiger partial charge in [-0.05, 0) is 18.2 Å². The van der Waals surface area contributed by atoms with Crippen molar-refractivity contribution in [1.29, 1.82) is 0 Å². The smallest absolute Gasteiger partial charge is 0.319 e. The van der Waals surface area contributed by atoms with Crippen LogP contribution in [-0.4, -0.2) is 102 Å². The molecular formula is C24H30N6O3S. The van der Waals surface area contributed by atoms with Crippen LogP contribution < -0.4 is 4.90 Å². The summed E-state index contributed by atoms with van der Waals surface area (Å²) < 4.78 is 6.64. The zero-order chi connectivity index (χ0) is 23.7. The molecule has 180 valence electrons. The number of urea groups is 1. The molecule has 2 aliphatic heterocycles. The summed E-state index contributed by atoms with van der Waals surface area (Å²) in [4.78, 5) is 31.5. The number of morpholine rings is 1. The molecule has 2 amide bonds. The summed E-state index contributed by atoms with van der Waals surface area (Å²) in [5.74, 6) is 1.75. The molecule has 0 aliphatic carbocycles. The molecule has 2 fully saturated rings. The van der Waals surface area contributed by atoms with Gasteiger partial charge in [-0.15, -0.1) is 11.3 Å². The highest BCUT2D eigenvalue weighted by Crippen LogP contribution is 2.35. The van der Waals surface area contributed by atoms with E-state index in [2.05, 4.69) is 15.9 Å². The first-order valence-electron chi connectivity index (χ1n) is 11.6. The zero-order valence-corrected chi connectivity index (χ0v) is 20.4. The van der Waals surface area contributed by atoms with E-state index in [1.807, 2.05) is 17.0 Å². The molecular weight excluding hydrogens is 452 g/mol. The van der Waals surface area contributed by atoms with Crippen LogP contribution >= 0.6 is 11.3 Å². The van der Waals surface area contributed by atoms with Crippen LogP contribution in [0.25, 0.3) is 21.6 Å². The third kappa shape index (κ3) is 4.79. The Morgan fingerprint density at radius 1 is 1.09 bits per heavy atom. The topological polar surface area (TPSA) is 85.3 Å². The van der Waals surface area contributed by atoms with Crippen molar-refractivity contribution in [2.75, 3.05) is 71.5 Å². The fourth-order valence-corrected chi connectivity index (χ4v) is 5.56. The number of carbonyl (C=O) groups excluding carboxylic acids is 1. The number of aromatic hydroxyl groups is 1. The van der Waals surface area contributed by atoms with Gasteiger partial charge in [0.1, 0.15) is 5.75 Å². The molecule has 4 heterocycles. The minimum absolute atomic E-state index is 0.0754. The van der Waals surface area contributed by atoms with Crippen LogP contribution in [0, 0.1) is 0 Å². The molecule has 2 saturated heterocycles. The SMILES string of the molecule is CN(C)C(=O)N1CCN(Cc2cc3nc(-c4cccc(O)c4)nc(N4CCOCC4)c3s2)CC1. The number of thiophene rings is 1. The number of hydrogen-bond donors (Lipinski definition) is 1. The minimum atomic E-state index is 0.0754. The Bertz CT molecular complexity index is 1170. The molecule has 0 atom stereocenters. The van der Waals surface area contributed by atoms with Gasteiger partial charge < -0.3 is 24.5 Å². The predicted molar refractivity (Wildman–Crippen MR) is 133 cm³/mol. The molecule has 2 aliphatic rings. The Morgan fingerprint density at radius 3 is 2.56 bits per heavy atom. The number of anilines is 1. The van der Waals surface area contributed by atoms with Crippen LogP contribution in [0.1, 0.15) is 4.88 Å². The largest absolute Gasteiger partial charge is 0.508 e. The molecule has 10 heteroatoms. The molecule has 5 rings (SSSR count). The van der Waals surface area contributed by atoms with Gasteiger partial charge in [0, 0.05) is 70.3 Å². The molecule has 34 heavy (non-hydrogen) atoms. The number of nitrogens with zero attached hydrogens (tertiary/aromatic N) is 6. The Kier molecular flexibility index (Phi) is 6.53. The summed E-state index contributed by atoms with van der Waals surface area (Å²) in [5.41, 5.74) is 1.72. The number of benzene rings is 1. The molecule has 3 aromatic rings. The highest BCUT2D eigenvalue weighted by molar-refractivity contribution is 7.19. The van der Waals surface area contributed by atoms with E-state index in [1.54, 1.807) is 42.5 Å². The molecule has 0 saturated carbocycles. The number of phenolic OH excluding ortho intramolecular Hbond substituents is 1. The maximum atomic E-state index is 12.2. The normalized spacial score (nSPS) is 17.4. The van der Waals surface area contributed by atoms with Crippen LogP contribution in [0.3, 0.4) is 0 Å². The molecule has 1 aromatic carbocycles. The first-order valence-corrected chi connectivity index (χ1v) is 12.4. The molecule has 9 nitrogen and oxygen atoms in total. The number of aromatic nitrogens is 2. The van der Waals surface area contributed by atoms with Gasteiger partial charge in [0.15, 0.2) is 11.6 Å². The second kappa shape index (κ2) is 9.73. The van der Waals surface area contributed by atoms with Crippen molar-refractivity contribution in [1.82, 2.24) is 24.7 Å². The summed E-state index contributed by atoms with van der Waals surface area (Å²) in [7, 11) is 3.59. The average molecular weight is 483 g/mol. The Balaban J connectivity index is 1.41. The minimum Gasteiger partial charge on any atom is -0.508 e. The van der Waals surface area contributed by atoms with Crippen molar-refractivity contribution in [3.8, 4) is 17.1 Å². The zero-order valence-electron chi connectivity index (χ0n) is 19.6. The van der Waals surface area contributed by atoms with Crippen molar-refractivity contribution in [3.63, 3.8) is 0 Å². The summed E-state index contributed by atoms with van der Waals surface area (Å²) in [6, 6.07) is 9.32. The van der Waals surface area contributed by atoms with Crippen LogP contribution in [0.4, 0.5) is 10.6 Å². The number of hydrogen-bond acceptors (Lipinski definition) is 8. The number of piperazine rings is 1. The van der Waals surface area contributed by atoms with E-state index in [9.17, 15) is 9.90 Å². The lowest BCUT2D eigenvalue weighted by molar-refractivity contribution is 0.120. The van der Waals surface area contributed by atoms with Crippen molar-refractivity contribution >= 4 is 33.4 Å². The average Bonchev–Trinajstić information content (AvgIpc) is 3.26. The number of amides is 2. The molecule has 0 radical (unpaired) electrons. The maximum Gasteiger partial charge on any atom is 0.319 e. The van der Waals surface area contributed by atoms with E-state index in [1.165, 1.54) is 4.88 Å². The Labute approximate surface area is 203 Å². The number of phenols is 1. The highest BCUT2D eigenvalue weighted by atomic mass is 32.1. The lowest BCUT2D eigenvalue weighted by atomic mass is 10.2. The van der Waals surface area contributed by atoms with Crippen molar-refractivity contribution in [2.24, 2.45) is 0 Å². The second-order valence-electron chi connectivity index (χ2n) is 8.89. The fourth-order valence-electron chi connectivity index (χ4n) is 4.41. The van der Waals surface area contributed by atoms with E-state index < -0.39 is 0 Å².